The molecule has 15 heteroatoms. The standard InChI is InChI=1S/C29H35Cl2F5N4O4/c1-16(2)23(15-28(32,33)34)38-26(42)24(17-7-10-19(44-3)11-8-17)40-25(41)22(6-4-5-13-37)39-27(43)29(35,36)18-9-12-20(30)21(31)14-18/h7-12,14,16,22-24H,4-6,13,15,37H2,1-3H3,(H,38,42)(H,39,43)(H,40,41)/t22-,23+,24?/m0/s1. The van der Waals surface area contributed by atoms with Crippen LogP contribution in [0.2, 0.25) is 10.0 Å². The number of hydrogen-bond donors (Lipinski definition) is 4. The molecule has 44 heavy (non-hydrogen) atoms. The highest BCUT2D eigenvalue weighted by molar-refractivity contribution is 6.42. The lowest BCUT2D eigenvalue weighted by atomic mass is 9.98. The van der Waals surface area contributed by atoms with Crippen molar-refractivity contribution in [3.8, 4) is 5.75 Å². The van der Waals surface area contributed by atoms with E-state index < -0.39 is 65.8 Å². The van der Waals surface area contributed by atoms with Gasteiger partial charge in [0.15, 0.2) is 0 Å². The average molecular weight is 670 g/mol. The molecule has 0 bridgehead atoms. The van der Waals surface area contributed by atoms with Crippen LogP contribution in [-0.2, 0) is 20.3 Å². The molecule has 2 aromatic carbocycles. The summed E-state index contributed by atoms with van der Waals surface area (Å²) in [4.78, 5) is 39.6. The summed E-state index contributed by atoms with van der Waals surface area (Å²) in [5.41, 5.74) is 4.92. The second-order valence-corrected chi connectivity index (χ2v) is 11.2. The van der Waals surface area contributed by atoms with Gasteiger partial charge in [0, 0.05) is 11.6 Å². The third-order valence-corrected chi connectivity index (χ3v) is 7.46. The first-order chi connectivity index (χ1) is 20.5. The zero-order chi connectivity index (χ0) is 33.2. The van der Waals surface area contributed by atoms with E-state index in [9.17, 15) is 27.6 Å². The normalized spacial score (nSPS) is 14.0. The highest BCUT2D eigenvalue weighted by atomic mass is 35.5. The fourth-order valence-corrected chi connectivity index (χ4v) is 4.44. The number of methoxy groups -OCH3 is 1. The quantitative estimate of drug-likeness (QED) is 0.144. The lowest BCUT2D eigenvalue weighted by Gasteiger charge is -2.28. The summed E-state index contributed by atoms with van der Waals surface area (Å²) in [7, 11) is 1.40. The summed E-state index contributed by atoms with van der Waals surface area (Å²) in [5.74, 6) is -8.17. The van der Waals surface area contributed by atoms with E-state index in [2.05, 4.69) is 10.6 Å². The maximum absolute atomic E-state index is 15.1. The lowest BCUT2D eigenvalue weighted by Crippen LogP contribution is -2.54. The van der Waals surface area contributed by atoms with Gasteiger partial charge in [0.2, 0.25) is 11.8 Å². The van der Waals surface area contributed by atoms with Gasteiger partial charge >= 0.3 is 12.1 Å². The first kappa shape index (κ1) is 37.0. The molecular weight excluding hydrogens is 634 g/mol. The smallest absolute Gasteiger partial charge is 0.391 e. The van der Waals surface area contributed by atoms with Gasteiger partial charge in [0.05, 0.1) is 23.6 Å². The van der Waals surface area contributed by atoms with E-state index in [-0.39, 0.29) is 35.0 Å². The molecule has 3 amide bonds. The molecular formula is C29H35Cl2F5N4O4. The Kier molecular flexibility index (Phi) is 13.7. The molecule has 0 saturated carbocycles. The van der Waals surface area contributed by atoms with Gasteiger partial charge in [-0.2, -0.15) is 22.0 Å². The van der Waals surface area contributed by atoms with Gasteiger partial charge in [-0.15, -0.1) is 0 Å². The van der Waals surface area contributed by atoms with Gasteiger partial charge in [-0.25, -0.2) is 0 Å². The number of hydrogen-bond acceptors (Lipinski definition) is 5. The summed E-state index contributed by atoms with van der Waals surface area (Å²) in [6.07, 6.45) is -5.40. The number of halogens is 7. The first-order valence-electron chi connectivity index (χ1n) is 13.7. The Morgan fingerprint density at radius 2 is 1.52 bits per heavy atom. The van der Waals surface area contributed by atoms with E-state index in [1.54, 1.807) is 0 Å². The van der Waals surface area contributed by atoms with Gasteiger partial charge in [0.1, 0.15) is 17.8 Å². The Bertz CT molecular complexity index is 1280. The zero-order valence-corrected chi connectivity index (χ0v) is 25.8. The molecule has 0 aliphatic rings. The van der Waals surface area contributed by atoms with Crippen LogP contribution in [0.3, 0.4) is 0 Å². The van der Waals surface area contributed by atoms with Crippen LogP contribution in [0.25, 0.3) is 0 Å². The van der Waals surface area contributed by atoms with Gasteiger partial charge in [-0.05, 0) is 61.6 Å². The maximum atomic E-state index is 15.1. The van der Waals surface area contributed by atoms with Gasteiger partial charge in [-0.3, -0.25) is 14.4 Å². The van der Waals surface area contributed by atoms with E-state index in [1.165, 1.54) is 45.2 Å². The summed E-state index contributed by atoms with van der Waals surface area (Å²) >= 11 is 11.6. The van der Waals surface area contributed by atoms with Crippen LogP contribution in [0.4, 0.5) is 22.0 Å². The molecule has 5 N–H and O–H groups in total. The molecule has 0 aromatic heterocycles. The van der Waals surface area contributed by atoms with Crippen LogP contribution < -0.4 is 26.4 Å². The van der Waals surface area contributed by atoms with Crippen molar-refractivity contribution in [1.82, 2.24) is 16.0 Å². The van der Waals surface area contributed by atoms with Gasteiger partial charge in [0.25, 0.3) is 5.91 Å². The number of rotatable bonds is 15. The fraction of sp³-hybridized carbons (Fsp3) is 0.483. The first-order valence-corrected chi connectivity index (χ1v) is 14.4. The number of nitrogens with two attached hydrogens (primary N) is 1. The third kappa shape index (κ3) is 10.8. The largest absolute Gasteiger partial charge is 0.497 e. The number of benzene rings is 2. The molecule has 244 valence electrons. The summed E-state index contributed by atoms with van der Waals surface area (Å²) in [6.45, 7) is 3.21. The number of amides is 3. The Hall–Kier alpha value is -3.16. The molecule has 0 spiro atoms. The molecule has 0 radical (unpaired) electrons. The minimum absolute atomic E-state index is 0.0107. The number of nitrogens with one attached hydrogen (secondary N) is 3. The highest BCUT2D eigenvalue weighted by Gasteiger charge is 2.43. The fourth-order valence-electron chi connectivity index (χ4n) is 4.14. The van der Waals surface area contributed by atoms with Gasteiger partial charge < -0.3 is 26.4 Å². The van der Waals surface area contributed by atoms with Crippen molar-refractivity contribution >= 4 is 40.9 Å². The average Bonchev–Trinajstić information content (AvgIpc) is 2.95. The summed E-state index contributed by atoms with van der Waals surface area (Å²) in [5, 5.41) is 6.56. The third-order valence-electron chi connectivity index (χ3n) is 6.72. The number of unbranched alkanes of at least 4 members (excludes halogenated alkanes) is 1. The van der Waals surface area contributed by atoms with Crippen LogP contribution in [0, 0.1) is 5.92 Å². The SMILES string of the molecule is COc1ccc(C(NC(=O)[C@H](CCCCN)NC(=O)C(F)(F)c2ccc(Cl)c(Cl)c2)C(=O)N[C@H](CC(F)(F)F)C(C)C)cc1. The topological polar surface area (TPSA) is 123 Å². The minimum Gasteiger partial charge on any atom is -0.497 e. The lowest BCUT2D eigenvalue weighted by molar-refractivity contribution is -0.149. The van der Waals surface area contributed by atoms with Crippen molar-refractivity contribution in [3.63, 3.8) is 0 Å². The Labute approximate surface area is 262 Å². The molecule has 2 rings (SSSR count). The predicted octanol–water partition coefficient (Wildman–Crippen LogP) is 5.66. The number of carbonyl (C=O) groups excluding carboxylic acids is 3. The zero-order valence-electron chi connectivity index (χ0n) is 24.2. The Balaban J connectivity index is 2.39. The molecule has 8 nitrogen and oxygen atoms in total. The molecule has 3 atom stereocenters. The molecule has 0 heterocycles. The Morgan fingerprint density at radius 3 is 2.05 bits per heavy atom. The molecule has 0 aliphatic carbocycles. The molecule has 1 unspecified atom stereocenters. The predicted molar refractivity (Wildman–Crippen MR) is 157 cm³/mol. The van der Waals surface area contributed by atoms with Crippen molar-refractivity contribution in [2.75, 3.05) is 13.7 Å². The van der Waals surface area contributed by atoms with Crippen molar-refractivity contribution < 1.29 is 41.1 Å². The van der Waals surface area contributed by atoms with E-state index in [1.807, 2.05) is 5.32 Å². The second kappa shape index (κ2) is 16.2. The Morgan fingerprint density at radius 1 is 0.886 bits per heavy atom. The molecule has 0 aliphatic heterocycles. The highest BCUT2D eigenvalue weighted by Crippen LogP contribution is 2.33. The van der Waals surface area contributed by atoms with E-state index in [0.717, 1.165) is 18.2 Å². The van der Waals surface area contributed by atoms with Crippen molar-refractivity contribution in [2.45, 2.75) is 69.8 Å². The number of carbonyl (C=O) groups is 3. The van der Waals surface area contributed by atoms with Crippen LogP contribution in [0.15, 0.2) is 42.5 Å². The number of alkyl halides is 5. The van der Waals surface area contributed by atoms with E-state index >= 15 is 8.78 Å². The van der Waals surface area contributed by atoms with Crippen LogP contribution in [-0.4, -0.2) is 49.6 Å². The maximum Gasteiger partial charge on any atom is 0.391 e. The van der Waals surface area contributed by atoms with Crippen LogP contribution >= 0.6 is 23.2 Å². The summed E-state index contributed by atoms with van der Waals surface area (Å²) in [6, 6.07) is 4.15. The van der Waals surface area contributed by atoms with Crippen molar-refractivity contribution in [2.24, 2.45) is 11.7 Å². The van der Waals surface area contributed by atoms with Crippen molar-refractivity contribution in [1.29, 1.82) is 0 Å². The van der Waals surface area contributed by atoms with Crippen molar-refractivity contribution in [3.05, 3.63) is 63.6 Å². The van der Waals surface area contributed by atoms with Gasteiger partial charge in [-0.1, -0.05) is 55.2 Å². The van der Waals surface area contributed by atoms with E-state index in [0.29, 0.717) is 12.2 Å². The van der Waals surface area contributed by atoms with E-state index in [4.69, 9.17) is 33.7 Å². The van der Waals surface area contributed by atoms with Crippen LogP contribution in [0.1, 0.15) is 56.7 Å². The minimum atomic E-state index is -4.58. The molecule has 0 fully saturated rings. The molecule has 2 aromatic rings. The van der Waals surface area contributed by atoms with Crippen LogP contribution in [0.5, 0.6) is 5.75 Å². The summed E-state index contributed by atoms with van der Waals surface area (Å²) < 4.78 is 75.0. The monoisotopic (exact) mass is 668 g/mol. The number of ether oxygens (including phenoxy) is 1. The molecule has 0 saturated heterocycles. The second-order valence-electron chi connectivity index (χ2n) is 10.4.